The molecule has 19 heavy (non-hydrogen) atoms. The van der Waals surface area contributed by atoms with E-state index < -0.39 is 0 Å². The lowest BCUT2D eigenvalue weighted by Crippen LogP contribution is -2.27. The average Bonchev–Trinajstić information content (AvgIpc) is 2.39. The molecule has 0 aliphatic carbocycles. The fraction of sp³-hybridized carbons (Fsp3) is 0.467. The van der Waals surface area contributed by atoms with Crippen molar-refractivity contribution in [3.8, 4) is 6.07 Å². The molecule has 0 saturated carbocycles. The van der Waals surface area contributed by atoms with E-state index in [1.165, 1.54) is 0 Å². The minimum atomic E-state index is 0.0441. The van der Waals surface area contributed by atoms with Crippen LogP contribution in [0.5, 0.6) is 0 Å². The van der Waals surface area contributed by atoms with E-state index in [0.29, 0.717) is 24.4 Å². The Kier molecular flexibility index (Phi) is 6.45. The molecule has 2 N–H and O–H groups in total. The van der Waals surface area contributed by atoms with Crippen LogP contribution in [0.2, 0.25) is 0 Å². The van der Waals surface area contributed by atoms with E-state index in [0.717, 1.165) is 18.7 Å². The molecule has 0 unspecified atom stereocenters. The number of nitrogens with one attached hydrogen (secondary N) is 2. The first-order chi connectivity index (χ1) is 9.13. The van der Waals surface area contributed by atoms with Crippen molar-refractivity contribution >= 4 is 11.6 Å². The first-order valence-electron chi connectivity index (χ1n) is 6.63. The van der Waals surface area contributed by atoms with E-state index in [4.69, 9.17) is 5.26 Å². The van der Waals surface area contributed by atoms with Crippen molar-refractivity contribution in [1.29, 1.82) is 5.26 Å². The summed E-state index contributed by atoms with van der Waals surface area (Å²) in [5, 5.41) is 14.9. The lowest BCUT2D eigenvalue weighted by molar-refractivity contribution is -0.120. The second-order valence-corrected chi connectivity index (χ2v) is 4.87. The van der Waals surface area contributed by atoms with Crippen molar-refractivity contribution in [2.75, 3.05) is 18.4 Å². The van der Waals surface area contributed by atoms with E-state index in [9.17, 15) is 4.79 Å². The summed E-state index contributed by atoms with van der Waals surface area (Å²) in [5.74, 6) is 0.642. The van der Waals surface area contributed by atoms with Gasteiger partial charge in [0, 0.05) is 19.5 Å². The second-order valence-electron chi connectivity index (χ2n) is 4.87. The Morgan fingerprint density at radius 2 is 2.05 bits per heavy atom. The van der Waals surface area contributed by atoms with Gasteiger partial charge in [-0.3, -0.25) is 4.79 Å². The number of nitrogens with zero attached hydrogens (tertiary/aromatic N) is 1. The van der Waals surface area contributed by atoms with Crippen LogP contribution in [0.3, 0.4) is 0 Å². The van der Waals surface area contributed by atoms with Crippen molar-refractivity contribution in [2.45, 2.75) is 26.7 Å². The molecule has 0 aliphatic rings. The van der Waals surface area contributed by atoms with Gasteiger partial charge in [-0.15, -0.1) is 0 Å². The zero-order valence-electron chi connectivity index (χ0n) is 11.6. The minimum Gasteiger partial charge on any atom is -0.383 e. The topological polar surface area (TPSA) is 64.9 Å². The third-order valence-electron chi connectivity index (χ3n) is 2.76. The molecular weight excluding hydrogens is 238 g/mol. The number of benzene rings is 1. The summed E-state index contributed by atoms with van der Waals surface area (Å²) in [6.45, 7) is 5.52. The van der Waals surface area contributed by atoms with Crippen molar-refractivity contribution in [3.05, 3.63) is 29.8 Å². The van der Waals surface area contributed by atoms with Crippen LogP contribution in [-0.2, 0) is 4.79 Å². The van der Waals surface area contributed by atoms with Gasteiger partial charge in [0.2, 0.25) is 5.91 Å². The number of anilines is 1. The molecule has 4 nitrogen and oxygen atoms in total. The molecule has 0 atom stereocenters. The van der Waals surface area contributed by atoms with Gasteiger partial charge in [0.05, 0.1) is 11.3 Å². The molecule has 0 heterocycles. The van der Waals surface area contributed by atoms with Gasteiger partial charge >= 0.3 is 0 Å². The van der Waals surface area contributed by atoms with Crippen molar-refractivity contribution < 1.29 is 4.79 Å². The number of rotatable bonds is 7. The van der Waals surface area contributed by atoms with Crippen molar-refractivity contribution in [3.63, 3.8) is 0 Å². The lowest BCUT2D eigenvalue weighted by Gasteiger charge is -2.09. The lowest BCUT2D eigenvalue weighted by atomic mass is 10.1. The predicted octanol–water partition coefficient (Wildman–Crippen LogP) is 2.52. The summed E-state index contributed by atoms with van der Waals surface area (Å²) >= 11 is 0. The summed E-state index contributed by atoms with van der Waals surface area (Å²) in [4.78, 5) is 11.6. The Balaban J connectivity index is 2.27. The molecular formula is C15H21N3O. The maximum absolute atomic E-state index is 11.6. The zero-order valence-corrected chi connectivity index (χ0v) is 11.6. The zero-order chi connectivity index (χ0) is 14.1. The summed E-state index contributed by atoms with van der Waals surface area (Å²) < 4.78 is 0. The molecule has 0 bridgehead atoms. The highest BCUT2D eigenvalue weighted by Crippen LogP contribution is 2.12. The third kappa shape index (κ3) is 5.91. The SMILES string of the molecule is CC(C)CCNC(=O)CCNc1ccccc1C#N. The Morgan fingerprint density at radius 3 is 2.74 bits per heavy atom. The Labute approximate surface area is 114 Å². The van der Waals surface area contributed by atoms with Gasteiger partial charge in [0.15, 0.2) is 0 Å². The van der Waals surface area contributed by atoms with E-state index in [-0.39, 0.29) is 5.91 Å². The van der Waals surface area contributed by atoms with E-state index >= 15 is 0 Å². The van der Waals surface area contributed by atoms with Gasteiger partial charge in [-0.2, -0.15) is 5.26 Å². The molecule has 1 aromatic rings. The van der Waals surface area contributed by atoms with Gasteiger partial charge < -0.3 is 10.6 Å². The highest BCUT2D eigenvalue weighted by molar-refractivity contribution is 5.76. The Bertz CT molecular complexity index is 449. The van der Waals surface area contributed by atoms with Gasteiger partial charge in [-0.25, -0.2) is 0 Å². The number of nitriles is 1. The van der Waals surface area contributed by atoms with Gasteiger partial charge in [-0.1, -0.05) is 26.0 Å². The number of hydrogen-bond donors (Lipinski definition) is 2. The van der Waals surface area contributed by atoms with E-state index in [1.54, 1.807) is 6.07 Å². The van der Waals surface area contributed by atoms with E-state index in [2.05, 4.69) is 30.6 Å². The Morgan fingerprint density at radius 1 is 1.32 bits per heavy atom. The van der Waals surface area contributed by atoms with Crippen molar-refractivity contribution in [2.24, 2.45) is 5.92 Å². The standard InChI is InChI=1S/C15H21N3O/c1-12(2)7-9-18-15(19)8-10-17-14-6-4-3-5-13(14)11-16/h3-6,12,17H,7-10H2,1-2H3,(H,18,19). The molecule has 0 radical (unpaired) electrons. The number of carbonyl (C=O) groups is 1. The molecule has 0 spiro atoms. The smallest absolute Gasteiger partial charge is 0.221 e. The third-order valence-corrected chi connectivity index (χ3v) is 2.76. The van der Waals surface area contributed by atoms with Crippen LogP contribution >= 0.6 is 0 Å². The Hall–Kier alpha value is -2.02. The summed E-state index contributed by atoms with van der Waals surface area (Å²) in [5.41, 5.74) is 1.38. The number of amides is 1. The first kappa shape index (κ1) is 15.0. The van der Waals surface area contributed by atoms with Crippen LogP contribution in [0.15, 0.2) is 24.3 Å². The predicted molar refractivity (Wildman–Crippen MR) is 76.7 cm³/mol. The highest BCUT2D eigenvalue weighted by atomic mass is 16.1. The van der Waals surface area contributed by atoms with Crippen LogP contribution in [0.1, 0.15) is 32.3 Å². The second kappa shape index (κ2) is 8.15. The van der Waals surface area contributed by atoms with Gasteiger partial charge in [0.25, 0.3) is 0 Å². The fourth-order valence-corrected chi connectivity index (χ4v) is 1.63. The maximum atomic E-state index is 11.6. The number of carbonyl (C=O) groups excluding carboxylic acids is 1. The normalized spacial score (nSPS) is 10.0. The van der Waals surface area contributed by atoms with Crippen LogP contribution in [-0.4, -0.2) is 19.0 Å². The van der Waals surface area contributed by atoms with Crippen LogP contribution in [0.25, 0.3) is 0 Å². The quantitative estimate of drug-likeness (QED) is 0.790. The molecule has 1 aromatic carbocycles. The average molecular weight is 259 g/mol. The van der Waals surface area contributed by atoms with Gasteiger partial charge in [-0.05, 0) is 24.5 Å². The highest BCUT2D eigenvalue weighted by Gasteiger charge is 2.03. The first-order valence-corrected chi connectivity index (χ1v) is 6.63. The number of para-hydroxylation sites is 1. The monoisotopic (exact) mass is 259 g/mol. The van der Waals surface area contributed by atoms with Crippen LogP contribution in [0, 0.1) is 17.2 Å². The summed E-state index contributed by atoms with van der Waals surface area (Å²) in [7, 11) is 0. The minimum absolute atomic E-state index is 0.0441. The van der Waals surface area contributed by atoms with E-state index in [1.807, 2.05) is 18.2 Å². The van der Waals surface area contributed by atoms with Crippen molar-refractivity contribution in [1.82, 2.24) is 5.32 Å². The van der Waals surface area contributed by atoms with Crippen LogP contribution in [0.4, 0.5) is 5.69 Å². The molecule has 0 aliphatic heterocycles. The molecule has 0 fully saturated rings. The molecule has 0 saturated heterocycles. The fourth-order valence-electron chi connectivity index (χ4n) is 1.63. The van der Waals surface area contributed by atoms with Crippen LogP contribution < -0.4 is 10.6 Å². The largest absolute Gasteiger partial charge is 0.383 e. The molecule has 102 valence electrons. The maximum Gasteiger partial charge on any atom is 0.221 e. The number of hydrogen-bond acceptors (Lipinski definition) is 3. The van der Waals surface area contributed by atoms with Gasteiger partial charge in [0.1, 0.15) is 6.07 Å². The summed E-state index contributed by atoms with van der Waals surface area (Å²) in [6, 6.07) is 9.40. The molecule has 1 rings (SSSR count). The molecule has 1 amide bonds. The molecule has 0 aromatic heterocycles. The molecule has 4 heteroatoms. The summed E-state index contributed by atoms with van der Waals surface area (Å²) in [6.07, 6.45) is 1.41.